The van der Waals surface area contributed by atoms with Gasteiger partial charge in [-0.05, 0) is 5.41 Å². The van der Waals surface area contributed by atoms with Gasteiger partial charge in [-0.1, -0.05) is 20.8 Å². The molecule has 5 atom stereocenters. The molecule has 90 valence electrons. The highest BCUT2D eigenvalue weighted by atomic mass is 16.5. The van der Waals surface area contributed by atoms with Gasteiger partial charge in [0.25, 0.3) is 0 Å². The van der Waals surface area contributed by atoms with E-state index in [0.29, 0.717) is 0 Å². The van der Waals surface area contributed by atoms with Gasteiger partial charge in [0.05, 0.1) is 18.8 Å². The lowest BCUT2D eigenvalue weighted by Gasteiger charge is -2.46. The summed E-state index contributed by atoms with van der Waals surface area (Å²) in [5.41, 5.74) is 5.56. The van der Waals surface area contributed by atoms with Crippen molar-refractivity contribution in [2.75, 3.05) is 6.61 Å². The monoisotopic (exact) mass is 219 g/mol. The molecule has 0 amide bonds. The molecule has 0 aromatic heterocycles. The number of hydrogen-bond donors (Lipinski definition) is 4. The number of aliphatic hydroxyl groups excluding tert-OH is 3. The molecule has 0 saturated carbocycles. The molecule has 5 unspecified atom stereocenters. The average molecular weight is 219 g/mol. The maximum absolute atomic E-state index is 9.72. The zero-order valence-electron chi connectivity index (χ0n) is 9.42. The van der Waals surface area contributed by atoms with Gasteiger partial charge in [0.2, 0.25) is 0 Å². The molecule has 5 N–H and O–H groups in total. The first-order chi connectivity index (χ1) is 6.79. The molecule has 5 nitrogen and oxygen atoms in total. The van der Waals surface area contributed by atoms with E-state index in [9.17, 15) is 10.2 Å². The van der Waals surface area contributed by atoms with Crippen LogP contribution in [0.5, 0.6) is 0 Å². The third-order valence-corrected chi connectivity index (χ3v) is 2.83. The summed E-state index contributed by atoms with van der Waals surface area (Å²) in [6.07, 6.45) is -3.32. The Morgan fingerprint density at radius 1 is 1.20 bits per heavy atom. The molecule has 0 aromatic carbocycles. The van der Waals surface area contributed by atoms with Crippen LogP contribution in [0.3, 0.4) is 0 Å². The van der Waals surface area contributed by atoms with Crippen molar-refractivity contribution in [2.45, 2.75) is 51.2 Å². The van der Waals surface area contributed by atoms with Gasteiger partial charge in [-0.3, -0.25) is 0 Å². The van der Waals surface area contributed by atoms with Gasteiger partial charge in [0.15, 0.2) is 0 Å². The molecular weight excluding hydrogens is 198 g/mol. The van der Waals surface area contributed by atoms with Crippen LogP contribution in [0.4, 0.5) is 0 Å². The van der Waals surface area contributed by atoms with Gasteiger partial charge in [-0.25, -0.2) is 0 Å². The Morgan fingerprint density at radius 2 is 1.73 bits per heavy atom. The van der Waals surface area contributed by atoms with Crippen molar-refractivity contribution in [2.24, 2.45) is 11.1 Å². The molecule has 0 radical (unpaired) electrons. The van der Waals surface area contributed by atoms with Crippen LogP contribution in [0.1, 0.15) is 20.8 Å². The SMILES string of the molecule is CC(C)(C)C1OC(CO)C(O)C(O)C1N. The molecule has 5 heteroatoms. The first-order valence-corrected chi connectivity index (χ1v) is 5.17. The highest BCUT2D eigenvalue weighted by Gasteiger charge is 2.46. The van der Waals surface area contributed by atoms with Gasteiger partial charge in [0, 0.05) is 0 Å². The summed E-state index contributed by atoms with van der Waals surface area (Å²) in [5, 5.41) is 28.3. The van der Waals surface area contributed by atoms with Crippen molar-refractivity contribution < 1.29 is 20.1 Å². The fourth-order valence-electron chi connectivity index (χ4n) is 1.92. The standard InChI is InChI=1S/C10H21NO4/c1-10(2,3)9-6(11)8(14)7(13)5(4-12)15-9/h5-9,12-14H,4,11H2,1-3H3. The molecule has 0 aromatic rings. The fraction of sp³-hybridized carbons (Fsp3) is 1.00. The topological polar surface area (TPSA) is 95.9 Å². The Balaban J connectivity index is 2.83. The predicted molar refractivity (Wildman–Crippen MR) is 55.2 cm³/mol. The third kappa shape index (κ3) is 2.49. The van der Waals surface area contributed by atoms with Gasteiger partial charge in [-0.15, -0.1) is 0 Å². The third-order valence-electron chi connectivity index (χ3n) is 2.83. The molecule has 1 heterocycles. The van der Waals surface area contributed by atoms with E-state index in [4.69, 9.17) is 15.6 Å². The maximum atomic E-state index is 9.72. The number of rotatable bonds is 1. The molecule has 1 rings (SSSR count). The van der Waals surface area contributed by atoms with E-state index in [1.165, 1.54) is 0 Å². The van der Waals surface area contributed by atoms with E-state index in [0.717, 1.165) is 0 Å². The molecule has 0 spiro atoms. The van der Waals surface area contributed by atoms with Gasteiger partial charge < -0.3 is 25.8 Å². The maximum Gasteiger partial charge on any atom is 0.110 e. The fourth-order valence-corrected chi connectivity index (χ4v) is 1.92. The second-order valence-corrected chi connectivity index (χ2v) is 5.20. The predicted octanol–water partition coefficient (Wildman–Crippen LogP) is -1.16. The second kappa shape index (κ2) is 4.35. The minimum absolute atomic E-state index is 0.242. The smallest absolute Gasteiger partial charge is 0.110 e. The van der Waals surface area contributed by atoms with E-state index in [2.05, 4.69) is 0 Å². The lowest BCUT2D eigenvalue weighted by atomic mass is 9.79. The Labute approximate surface area is 89.9 Å². The zero-order valence-corrected chi connectivity index (χ0v) is 9.42. The van der Waals surface area contributed by atoms with Crippen molar-refractivity contribution in [3.63, 3.8) is 0 Å². The molecular formula is C10H21NO4. The van der Waals surface area contributed by atoms with E-state index in [-0.39, 0.29) is 18.1 Å². The normalized spacial score (nSPS) is 43.0. The summed E-state index contributed by atoms with van der Waals surface area (Å²) in [4.78, 5) is 0. The molecule has 15 heavy (non-hydrogen) atoms. The summed E-state index contributed by atoms with van der Waals surface area (Å²) >= 11 is 0. The van der Waals surface area contributed by atoms with Crippen LogP contribution < -0.4 is 5.73 Å². The first kappa shape index (κ1) is 12.9. The average Bonchev–Trinajstić information content (AvgIpc) is 2.13. The summed E-state index contributed by atoms with van der Waals surface area (Å²) in [6, 6.07) is -0.636. The van der Waals surface area contributed by atoms with Crippen LogP contribution in [-0.2, 0) is 4.74 Å². The lowest BCUT2D eigenvalue weighted by molar-refractivity contribution is -0.211. The Kier molecular flexibility index (Phi) is 3.73. The second-order valence-electron chi connectivity index (χ2n) is 5.20. The van der Waals surface area contributed by atoms with Gasteiger partial charge in [0.1, 0.15) is 18.3 Å². The van der Waals surface area contributed by atoms with Crippen molar-refractivity contribution in [3.8, 4) is 0 Å². The Morgan fingerprint density at radius 3 is 2.13 bits per heavy atom. The molecule has 1 saturated heterocycles. The van der Waals surface area contributed by atoms with E-state index >= 15 is 0 Å². The van der Waals surface area contributed by atoms with Crippen LogP contribution in [0.2, 0.25) is 0 Å². The number of aliphatic hydroxyl groups is 3. The van der Waals surface area contributed by atoms with Crippen LogP contribution >= 0.6 is 0 Å². The van der Waals surface area contributed by atoms with Crippen LogP contribution in [0.15, 0.2) is 0 Å². The van der Waals surface area contributed by atoms with Crippen LogP contribution in [0.25, 0.3) is 0 Å². The number of nitrogens with two attached hydrogens (primary N) is 1. The molecule has 1 aliphatic heterocycles. The summed E-state index contributed by atoms with van der Waals surface area (Å²) in [6.45, 7) is 5.50. The molecule has 0 bridgehead atoms. The summed E-state index contributed by atoms with van der Waals surface area (Å²) in [5.74, 6) is 0. The highest BCUT2D eigenvalue weighted by Crippen LogP contribution is 2.31. The Hall–Kier alpha value is -0.200. The Bertz CT molecular complexity index is 214. The van der Waals surface area contributed by atoms with Crippen molar-refractivity contribution in [1.82, 2.24) is 0 Å². The minimum Gasteiger partial charge on any atom is -0.394 e. The summed E-state index contributed by atoms with van der Waals surface area (Å²) < 4.78 is 5.51. The van der Waals surface area contributed by atoms with Crippen LogP contribution in [-0.4, -0.2) is 52.4 Å². The van der Waals surface area contributed by atoms with Crippen molar-refractivity contribution >= 4 is 0 Å². The molecule has 1 aliphatic rings. The number of hydrogen-bond acceptors (Lipinski definition) is 5. The van der Waals surface area contributed by atoms with Crippen molar-refractivity contribution in [1.29, 1.82) is 0 Å². The first-order valence-electron chi connectivity index (χ1n) is 5.17. The number of ether oxygens (including phenoxy) is 1. The van der Waals surface area contributed by atoms with E-state index in [1.807, 2.05) is 20.8 Å². The van der Waals surface area contributed by atoms with E-state index < -0.39 is 24.4 Å². The molecule has 0 aliphatic carbocycles. The largest absolute Gasteiger partial charge is 0.394 e. The lowest BCUT2D eigenvalue weighted by Crippen LogP contribution is -2.64. The zero-order chi connectivity index (χ0) is 11.8. The quantitative estimate of drug-likeness (QED) is 0.446. The summed E-state index contributed by atoms with van der Waals surface area (Å²) in [7, 11) is 0. The van der Waals surface area contributed by atoms with Gasteiger partial charge >= 0.3 is 0 Å². The van der Waals surface area contributed by atoms with E-state index in [1.54, 1.807) is 0 Å². The van der Waals surface area contributed by atoms with Crippen molar-refractivity contribution in [3.05, 3.63) is 0 Å². The molecule has 1 fully saturated rings. The van der Waals surface area contributed by atoms with Gasteiger partial charge in [-0.2, -0.15) is 0 Å². The minimum atomic E-state index is -1.12. The van der Waals surface area contributed by atoms with Crippen LogP contribution in [0, 0.1) is 5.41 Å². The highest BCUT2D eigenvalue weighted by molar-refractivity contribution is 4.98.